The van der Waals surface area contributed by atoms with Gasteiger partial charge in [-0.2, -0.15) is 0 Å². The van der Waals surface area contributed by atoms with E-state index in [0.717, 1.165) is 24.0 Å². The van der Waals surface area contributed by atoms with E-state index >= 15 is 0 Å². The molecule has 3 heterocycles. The monoisotopic (exact) mass is 489 g/mol. The van der Waals surface area contributed by atoms with Crippen molar-refractivity contribution in [3.8, 4) is 0 Å². The molecule has 0 radical (unpaired) electrons. The lowest BCUT2D eigenvalue weighted by atomic mass is 9.58. The van der Waals surface area contributed by atoms with Crippen LogP contribution in [0.4, 0.5) is 5.69 Å². The van der Waals surface area contributed by atoms with Crippen molar-refractivity contribution in [1.29, 1.82) is 0 Å². The van der Waals surface area contributed by atoms with E-state index in [1.165, 1.54) is 10.5 Å². The number of nitrogens with zero attached hydrogens (tertiary/aromatic N) is 1. The quantitative estimate of drug-likeness (QED) is 0.341. The van der Waals surface area contributed by atoms with Gasteiger partial charge in [0.15, 0.2) is 0 Å². The van der Waals surface area contributed by atoms with Gasteiger partial charge >= 0.3 is 7.12 Å². The molecule has 1 aliphatic carbocycles. The van der Waals surface area contributed by atoms with Crippen molar-refractivity contribution in [3.05, 3.63) is 70.7 Å². The molecule has 8 heteroatoms. The van der Waals surface area contributed by atoms with E-state index in [-0.39, 0.29) is 30.4 Å². The number of para-hydroxylation sites is 1. The highest BCUT2D eigenvalue weighted by Crippen LogP contribution is 2.51. The SMILES string of the molecule is CCC1=C2[C@@H](CC/C(C)=C/c3ccc(CO)o3)OB(O)C[C@@H]2[C@@H]2C(=O)N(c3ccccc3)C(=O)[C@@H]2C1. The Labute approximate surface area is 211 Å². The summed E-state index contributed by atoms with van der Waals surface area (Å²) in [6, 6.07) is 12.7. The van der Waals surface area contributed by atoms with Crippen LogP contribution < -0.4 is 4.90 Å². The first kappa shape index (κ1) is 24.7. The highest BCUT2D eigenvalue weighted by atomic mass is 16.5. The molecule has 1 aromatic carbocycles. The summed E-state index contributed by atoms with van der Waals surface area (Å²) in [5.41, 5.74) is 3.97. The number of benzene rings is 1. The van der Waals surface area contributed by atoms with Crippen LogP contribution >= 0.6 is 0 Å². The molecule has 2 saturated heterocycles. The second kappa shape index (κ2) is 10.2. The van der Waals surface area contributed by atoms with Crippen LogP contribution in [-0.2, 0) is 20.9 Å². The Kier molecular flexibility index (Phi) is 7.01. The number of aliphatic hydroxyl groups is 1. The molecule has 0 spiro atoms. The smallest absolute Gasteiger partial charge is 0.455 e. The lowest BCUT2D eigenvalue weighted by molar-refractivity contribution is -0.122. The fraction of sp³-hybridized carbons (Fsp3) is 0.429. The Morgan fingerprint density at radius 1 is 1.14 bits per heavy atom. The molecule has 5 rings (SSSR count). The highest BCUT2D eigenvalue weighted by molar-refractivity contribution is 6.43. The number of hydrogen-bond acceptors (Lipinski definition) is 6. The van der Waals surface area contributed by atoms with Crippen molar-refractivity contribution in [1.82, 2.24) is 0 Å². The number of allylic oxidation sites excluding steroid dienone is 2. The Hall–Kier alpha value is -2.94. The number of furan rings is 1. The van der Waals surface area contributed by atoms with Gasteiger partial charge in [0.1, 0.15) is 18.1 Å². The fourth-order valence-electron chi connectivity index (χ4n) is 6.17. The summed E-state index contributed by atoms with van der Waals surface area (Å²) < 4.78 is 11.6. The summed E-state index contributed by atoms with van der Waals surface area (Å²) in [6.07, 6.45) is 4.67. The fourth-order valence-corrected chi connectivity index (χ4v) is 6.17. The third-order valence-electron chi connectivity index (χ3n) is 7.78. The van der Waals surface area contributed by atoms with Gasteiger partial charge in [0.25, 0.3) is 0 Å². The van der Waals surface area contributed by atoms with Gasteiger partial charge in [-0.1, -0.05) is 36.3 Å². The molecule has 1 aromatic heterocycles. The van der Waals surface area contributed by atoms with Crippen LogP contribution in [-0.4, -0.2) is 35.2 Å². The van der Waals surface area contributed by atoms with E-state index < -0.39 is 19.0 Å². The summed E-state index contributed by atoms with van der Waals surface area (Å²) in [6.45, 7) is 3.96. The molecule has 0 saturated carbocycles. The molecular weight excluding hydrogens is 457 g/mol. The van der Waals surface area contributed by atoms with E-state index in [2.05, 4.69) is 6.92 Å². The van der Waals surface area contributed by atoms with Crippen LogP contribution in [0.2, 0.25) is 6.32 Å². The van der Waals surface area contributed by atoms with Crippen molar-refractivity contribution in [3.63, 3.8) is 0 Å². The van der Waals surface area contributed by atoms with Gasteiger partial charge in [0.05, 0.1) is 23.6 Å². The van der Waals surface area contributed by atoms with Gasteiger partial charge in [-0.25, -0.2) is 0 Å². The maximum atomic E-state index is 13.6. The maximum Gasteiger partial charge on any atom is 0.455 e. The third-order valence-corrected chi connectivity index (χ3v) is 7.78. The van der Waals surface area contributed by atoms with Gasteiger partial charge in [0, 0.05) is 0 Å². The topological polar surface area (TPSA) is 100 Å². The molecule has 2 fully saturated rings. The van der Waals surface area contributed by atoms with Crippen molar-refractivity contribution >= 4 is 30.7 Å². The molecule has 36 heavy (non-hydrogen) atoms. The van der Waals surface area contributed by atoms with Crippen LogP contribution in [0.3, 0.4) is 0 Å². The van der Waals surface area contributed by atoms with Gasteiger partial charge in [-0.3, -0.25) is 14.5 Å². The van der Waals surface area contributed by atoms with Crippen LogP contribution in [0.1, 0.15) is 51.1 Å². The predicted molar refractivity (Wildman–Crippen MR) is 137 cm³/mol. The zero-order valence-electron chi connectivity index (χ0n) is 20.7. The van der Waals surface area contributed by atoms with Crippen LogP contribution in [0.15, 0.2) is 63.6 Å². The number of anilines is 1. The second-order valence-electron chi connectivity index (χ2n) is 10.0. The first-order chi connectivity index (χ1) is 17.4. The zero-order valence-corrected chi connectivity index (χ0v) is 20.7. The van der Waals surface area contributed by atoms with E-state index in [4.69, 9.17) is 9.07 Å². The zero-order chi connectivity index (χ0) is 25.4. The average molecular weight is 489 g/mol. The molecule has 7 nitrogen and oxygen atoms in total. The Morgan fingerprint density at radius 3 is 2.61 bits per heavy atom. The summed E-state index contributed by atoms with van der Waals surface area (Å²) in [5.74, 6) is -0.184. The first-order valence-electron chi connectivity index (χ1n) is 12.8. The summed E-state index contributed by atoms with van der Waals surface area (Å²) >= 11 is 0. The Bertz CT molecular complexity index is 1200. The number of carbonyl (C=O) groups is 2. The molecule has 3 aliphatic rings. The van der Waals surface area contributed by atoms with Gasteiger partial charge in [-0.15, -0.1) is 0 Å². The normalized spacial score (nSPS) is 26.5. The van der Waals surface area contributed by atoms with E-state index in [9.17, 15) is 19.7 Å². The van der Waals surface area contributed by atoms with E-state index in [0.29, 0.717) is 36.4 Å². The second-order valence-corrected chi connectivity index (χ2v) is 10.0. The number of imide groups is 1. The van der Waals surface area contributed by atoms with Gasteiger partial charge < -0.3 is 19.2 Å². The minimum Gasteiger partial charge on any atom is -0.459 e. The minimum absolute atomic E-state index is 0.138. The molecule has 2 aromatic rings. The molecule has 0 bridgehead atoms. The molecule has 2 aliphatic heterocycles. The molecule has 4 atom stereocenters. The van der Waals surface area contributed by atoms with Crippen LogP contribution in [0, 0.1) is 17.8 Å². The summed E-state index contributed by atoms with van der Waals surface area (Å²) in [4.78, 5) is 28.4. The molecule has 0 unspecified atom stereocenters. The maximum absolute atomic E-state index is 13.6. The summed E-state index contributed by atoms with van der Waals surface area (Å²) in [7, 11) is -0.976. The Balaban J connectivity index is 1.40. The van der Waals surface area contributed by atoms with Crippen molar-refractivity contribution in [2.45, 2.75) is 58.6 Å². The lowest BCUT2D eigenvalue weighted by Gasteiger charge is -2.43. The largest absolute Gasteiger partial charge is 0.459 e. The number of carbonyl (C=O) groups excluding carboxylic acids is 2. The van der Waals surface area contributed by atoms with E-state index in [1.807, 2.05) is 37.3 Å². The molecular formula is C28H32BNO6. The number of rotatable bonds is 7. The predicted octanol–water partition coefficient (Wildman–Crippen LogP) is 4.37. The Morgan fingerprint density at radius 2 is 1.92 bits per heavy atom. The van der Waals surface area contributed by atoms with Crippen LogP contribution in [0.5, 0.6) is 0 Å². The lowest BCUT2D eigenvalue weighted by Crippen LogP contribution is -2.46. The number of amides is 2. The van der Waals surface area contributed by atoms with Crippen molar-refractivity contribution in [2.24, 2.45) is 17.8 Å². The van der Waals surface area contributed by atoms with Crippen molar-refractivity contribution < 1.29 is 28.8 Å². The number of aliphatic hydroxyl groups excluding tert-OH is 1. The van der Waals surface area contributed by atoms with Crippen LogP contribution in [0.25, 0.3) is 6.08 Å². The molecule has 2 amide bonds. The van der Waals surface area contributed by atoms with Gasteiger partial charge in [0.2, 0.25) is 11.8 Å². The van der Waals surface area contributed by atoms with E-state index in [1.54, 1.807) is 18.2 Å². The molecule has 2 N–H and O–H groups in total. The summed E-state index contributed by atoms with van der Waals surface area (Å²) in [5, 5.41) is 19.9. The highest BCUT2D eigenvalue weighted by Gasteiger charge is 2.57. The number of hydrogen-bond donors (Lipinski definition) is 2. The molecule has 188 valence electrons. The van der Waals surface area contributed by atoms with Gasteiger partial charge in [-0.05, 0) is 80.8 Å². The third kappa shape index (κ3) is 4.49. The minimum atomic E-state index is -0.976. The van der Waals surface area contributed by atoms with Crippen molar-refractivity contribution in [2.75, 3.05) is 4.90 Å². The number of fused-ring (bicyclic) bond motifs is 3. The standard InChI is InChI=1S/C28H32BNO6/c1-3-18-14-22-26(28(33)30(27(22)32)19-7-5-4-6-8-19)23-15-29(34)36-24(25(18)23)12-9-17(2)13-20-10-11-21(16-31)35-20/h4-8,10-11,13,22-24,26,31,34H,3,9,12,14-16H2,1-2H3/b17-13+/t22-,23+,24-,26-/m1/s1. The average Bonchev–Trinajstić information content (AvgIpc) is 3.43. The first-order valence-corrected chi connectivity index (χ1v) is 12.8.